The number of rotatable bonds is 5. The molecule has 1 aliphatic carbocycles. The second-order valence-corrected chi connectivity index (χ2v) is 6.62. The third kappa shape index (κ3) is 2.80. The van der Waals surface area contributed by atoms with Gasteiger partial charge >= 0.3 is 0 Å². The first kappa shape index (κ1) is 15.8. The molecule has 1 fully saturated rings. The summed E-state index contributed by atoms with van der Waals surface area (Å²) >= 11 is 0. The molecule has 130 valence electrons. The van der Waals surface area contributed by atoms with Crippen LogP contribution < -0.4 is 20.7 Å². The minimum Gasteiger partial charge on any atom is -0.495 e. The molecule has 0 amide bonds. The number of hydrogen-bond acceptors (Lipinski definition) is 5. The summed E-state index contributed by atoms with van der Waals surface area (Å²) in [5.41, 5.74) is 7.13. The molecule has 4 N–H and O–H groups in total. The number of nitrogens with one attached hydrogen (secondary N) is 4. The van der Waals surface area contributed by atoms with Crippen molar-refractivity contribution in [1.29, 1.82) is 5.41 Å². The Morgan fingerprint density at radius 1 is 1.12 bits per heavy atom. The lowest BCUT2D eigenvalue weighted by molar-refractivity contribution is 0.416. The summed E-state index contributed by atoms with van der Waals surface area (Å²) < 4.78 is 5.50. The van der Waals surface area contributed by atoms with Crippen molar-refractivity contribution in [3.8, 4) is 16.9 Å². The van der Waals surface area contributed by atoms with Crippen molar-refractivity contribution in [2.45, 2.75) is 12.8 Å². The average Bonchev–Trinajstić information content (AvgIpc) is 3.51. The number of benzene rings is 2. The SMILES string of the molecule is CNc1ccc(-c2ccc(OC)c3c2NCCN3)cc1C(=N)C1CC1. The molecular formula is C20H24N4O. The van der Waals surface area contributed by atoms with Gasteiger partial charge in [-0.1, -0.05) is 6.07 Å². The van der Waals surface area contributed by atoms with Gasteiger partial charge in [-0.15, -0.1) is 0 Å². The Labute approximate surface area is 148 Å². The van der Waals surface area contributed by atoms with Gasteiger partial charge in [0.1, 0.15) is 11.4 Å². The van der Waals surface area contributed by atoms with Gasteiger partial charge in [0, 0.05) is 48.6 Å². The van der Waals surface area contributed by atoms with E-state index in [2.05, 4.69) is 40.2 Å². The monoisotopic (exact) mass is 336 g/mol. The van der Waals surface area contributed by atoms with Gasteiger partial charge in [0.15, 0.2) is 0 Å². The summed E-state index contributed by atoms with van der Waals surface area (Å²) in [6.45, 7) is 1.76. The molecule has 0 bridgehead atoms. The molecule has 0 radical (unpaired) electrons. The standard InChI is InChI=1S/C20H24N4O/c1-22-16-7-5-13(11-15(16)18(21)12-3-4-12)14-6-8-17(25-2)20-19(14)23-9-10-24-20/h5-8,11-12,21-24H,3-4,9-10H2,1-2H3. The Kier molecular flexibility index (Phi) is 3.99. The summed E-state index contributed by atoms with van der Waals surface area (Å²) in [4.78, 5) is 0. The van der Waals surface area contributed by atoms with E-state index in [1.54, 1.807) is 7.11 Å². The maximum absolute atomic E-state index is 8.51. The molecule has 5 heteroatoms. The van der Waals surface area contributed by atoms with E-state index in [0.717, 1.165) is 71.1 Å². The number of hydrogen-bond donors (Lipinski definition) is 4. The topological polar surface area (TPSA) is 69.2 Å². The van der Waals surface area contributed by atoms with Crippen molar-refractivity contribution in [1.82, 2.24) is 0 Å². The van der Waals surface area contributed by atoms with Crippen LogP contribution in [0, 0.1) is 11.3 Å². The lowest BCUT2D eigenvalue weighted by Gasteiger charge is -2.25. The van der Waals surface area contributed by atoms with Crippen molar-refractivity contribution >= 4 is 22.8 Å². The summed E-state index contributed by atoms with van der Waals surface area (Å²) in [5.74, 6) is 1.27. The fraction of sp³-hybridized carbons (Fsp3) is 0.350. The minimum absolute atomic E-state index is 0.423. The van der Waals surface area contributed by atoms with E-state index >= 15 is 0 Å². The largest absolute Gasteiger partial charge is 0.495 e. The van der Waals surface area contributed by atoms with E-state index in [4.69, 9.17) is 10.1 Å². The number of ether oxygens (including phenoxy) is 1. The number of fused-ring (bicyclic) bond motifs is 1. The van der Waals surface area contributed by atoms with Crippen LogP contribution in [0.5, 0.6) is 5.75 Å². The Bertz CT molecular complexity index is 827. The highest BCUT2D eigenvalue weighted by Crippen LogP contribution is 2.43. The molecule has 2 aromatic carbocycles. The van der Waals surface area contributed by atoms with Crippen LogP contribution in [0.4, 0.5) is 17.1 Å². The van der Waals surface area contributed by atoms with Crippen LogP contribution in [0.15, 0.2) is 30.3 Å². The highest BCUT2D eigenvalue weighted by atomic mass is 16.5. The van der Waals surface area contributed by atoms with Gasteiger partial charge in [0.2, 0.25) is 0 Å². The van der Waals surface area contributed by atoms with Gasteiger partial charge in [-0.3, -0.25) is 0 Å². The summed E-state index contributed by atoms with van der Waals surface area (Å²) in [7, 11) is 3.61. The Morgan fingerprint density at radius 2 is 1.88 bits per heavy atom. The van der Waals surface area contributed by atoms with Gasteiger partial charge in [0.25, 0.3) is 0 Å². The third-order valence-corrected chi connectivity index (χ3v) is 4.99. The van der Waals surface area contributed by atoms with Crippen molar-refractivity contribution in [3.63, 3.8) is 0 Å². The average molecular weight is 336 g/mol. The summed E-state index contributed by atoms with van der Waals surface area (Å²) in [6.07, 6.45) is 2.27. The van der Waals surface area contributed by atoms with Crippen molar-refractivity contribution in [2.24, 2.45) is 5.92 Å². The molecule has 0 spiro atoms. The lowest BCUT2D eigenvalue weighted by atomic mass is 9.95. The molecule has 25 heavy (non-hydrogen) atoms. The Morgan fingerprint density at radius 3 is 2.56 bits per heavy atom. The number of anilines is 3. The number of methoxy groups -OCH3 is 1. The fourth-order valence-corrected chi connectivity index (χ4v) is 3.47. The lowest BCUT2D eigenvalue weighted by Crippen LogP contribution is -2.21. The van der Waals surface area contributed by atoms with E-state index in [1.807, 2.05) is 13.1 Å². The first-order valence-electron chi connectivity index (χ1n) is 8.82. The van der Waals surface area contributed by atoms with Crippen LogP contribution in [0.3, 0.4) is 0 Å². The Hall–Kier alpha value is -2.69. The zero-order valence-corrected chi connectivity index (χ0v) is 14.7. The van der Waals surface area contributed by atoms with Crippen molar-refractivity contribution in [2.75, 3.05) is 43.2 Å². The minimum atomic E-state index is 0.423. The van der Waals surface area contributed by atoms with E-state index < -0.39 is 0 Å². The van der Waals surface area contributed by atoms with Crippen molar-refractivity contribution < 1.29 is 4.74 Å². The molecule has 0 atom stereocenters. The van der Waals surface area contributed by atoms with Crippen molar-refractivity contribution in [3.05, 3.63) is 35.9 Å². The van der Waals surface area contributed by atoms with E-state index in [0.29, 0.717) is 5.92 Å². The fourth-order valence-electron chi connectivity index (χ4n) is 3.47. The molecule has 4 rings (SSSR count). The van der Waals surface area contributed by atoms with E-state index in [1.165, 1.54) is 0 Å². The first-order valence-corrected chi connectivity index (χ1v) is 8.82. The maximum Gasteiger partial charge on any atom is 0.144 e. The molecule has 0 unspecified atom stereocenters. The van der Waals surface area contributed by atoms with Gasteiger partial charge in [0.05, 0.1) is 12.8 Å². The van der Waals surface area contributed by atoms with Gasteiger partial charge < -0.3 is 26.1 Å². The third-order valence-electron chi connectivity index (χ3n) is 4.99. The molecule has 1 aliphatic heterocycles. The first-order chi connectivity index (χ1) is 12.2. The zero-order chi connectivity index (χ0) is 17.4. The van der Waals surface area contributed by atoms with Crippen LogP contribution in [-0.4, -0.2) is 33.0 Å². The summed E-state index contributed by atoms with van der Waals surface area (Å²) in [6, 6.07) is 10.4. The van der Waals surface area contributed by atoms with E-state index in [9.17, 15) is 0 Å². The second-order valence-electron chi connectivity index (χ2n) is 6.62. The summed E-state index contributed by atoms with van der Waals surface area (Å²) in [5, 5.41) is 18.7. The second kappa shape index (κ2) is 6.31. The van der Waals surface area contributed by atoms with E-state index in [-0.39, 0.29) is 0 Å². The predicted octanol–water partition coefficient (Wildman–Crippen LogP) is 4.02. The molecule has 2 aromatic rings. The van der Waals surface area contributed by atoms with Crippen LogP contribution >= 0.6 is 0 Å². The smallest absolute Gasteiger partial charge is 0.144 e. The quantitative estimate of drug-likeness (QED) is 0.623. The van der Waals surface area contributed by atoms with Crippen LogP contribution in [0.2, 0.25) is 0 Å². The Balaban J connectivity index is 1.82. The molecule has 1 heterocycles. The maximum atomic E-state index is 8.51. The molecule has 0 saturated heterocycles. The van der Waals surface area contributed by atoms with Gasteiger partial charge in [-0.2, -0.15) is 0 Å². The molecule has 1 saturated carbocycles. The highest BCUT2D eigenvalue weighted by Gasteiger charge is 2.29. The zero-order valence-electron chi connectivity index (χ0n) is 14.7. The van der Waals surface area contributed by atoms with Crippen LogP contribution in [0.1, 0.15) is 18.4 Å². The van der Waals surface area contributed by atoms with Crippen LogP contribution in [0.25, 0.3) is 11.1 Å². The van der Waals surface area contributed by atoms with Gasteiger partial charge in [-0.25, -0.2) is 0 Å². The molecule has 5 nitrogen and oxygen atoms in total. The highest BCUT2D eigenvalue weighted by molar-refractivity contribution is 6.07. The normalized spacial score (nSPS) is 15.6. The molecule has 2 aliphatic rings. The van der Waals surface area contributed by atoms with Gasteiger partial charge in [-0.05, 0) is 42.7 Å². The predicted molar refractivity (Wildman–Crippen MR) is 105 cm³/mol. The van der Waals surface area contributed by atoms with Crippen LogP contribution in [-0.2, 0) is 0 Å². The molecule has 0 aromatic heterocycles. The molecular weight excluding hydrogens is 312 g/mol.